The summed E-state index contributed by atoms with van der Waals surface area (Å²) >= 11 is 0. The van der Waals surface area contributed by atoms with Crippen molar-refractivity contribution in [1.82, 2.24) is 25.1 Å². The van der Waals surface area contributed by atoms with E-state index in [0.717, 1.165) is 18.7 Å². The molecule has 3 rings (SSSR count). The number of carbonyl (C=O) groups is 1. The van der Waals surface area contributed by atoms with Gasteiger partial charge in [0.25, 0.3) is 0 Å². The van der Waals surface area contributed by atoms with Gasteiger partial charge < -0.3 is 10.2 Å². The first-order valence-corrected chi connectivity index (χ1v) is 7.16. The van der Waals surface area contributed by atoms with Crippen LogP contribution in [0.3, 0.4) is 0 Å². The van der Waals surface area contributed by atoms with Crippen molar-refractivity contribution < 1.29 is 4.79 Å². The fourth-order valence-electron chi connectivity index (χ4n) is 2.53. The predicted octanol–water partition coefficient (Wildman–Crippen LogP) is 1.09. The molecule has 2 heterocycles. The summed E-state index contributed by atoms with van der Waals surface area (Å²) < 4.78 is 1.67. The van der Waals surface area contributed by atoms with Gasteiger partial charge in [0, 0.05) is 25.6 Å². The lowest BCUT2D eigenvalue weighted by molar-refractivity contribution is -0.129. The van der Waals surface area contributed by atoms with Crippen LogP contribution in [-0.2, 0) is 4.79 Å². The number of benzene rings is 1. The second-order valence-corrected chi connectivity index (χ2v) is 5.07. The Balaban J connectivity index is 1.70. The van der Waals surface area contributed by atoms with Crippen LogP contribution >= 0.6 is 0 Å². The molecule has 1 saturated heterocycles. The highest BCUT2D eigenvalue weighted by Crippen LogP contribution is 2.17. The second-order valence-electron chi connectivity index (χ2n) is 5.07. The molecule has 1 aromatic heterocycles. The Hall–Kier alpha value is -2.44. The Kier molecular flexibility index (Phi) is 3.81. The number of tetrazole rings is 1. The van der Waals surface area contributed by atoms with Crippen LogP contribution in [0.15, 0.2) is 30.3 Å². The highest BCUT2D eigenvalue weighted by Gasteiger charge is 2.26. The minimum atomic E-state index is 0.189. The number of hydrogen-bond donors (Lipinski definition) is 1. The maximum Gasteiger partial charge on any atom is 0.248 e. The lowest BCUT2D eigenvalue weighted by Crippen LogP contribution is -2.31. The molecular formula is C14H18N6O. The molecule has 110 valence electrons. The standard InChI is InChI=1S/C14H18N6O/c1-2-13(21)19-9-8-11(10-19)15-14-16-17-18-20(14)12-6-4-3-5-7-12/h3-7,11H,2,8-10H2,1H3,(H,15,16,18). The number of carbonyl (C=O) groups excluding carboxylic acids is 1. The van der Waals surface area contributed by atoms with Gasteiger partial charge in [0.2, 0.25) is 11.9 Å². The van der Waals surface area contributed by atoms with E-state index < -0.39 is 0 Å². The maximum atomic E-state index is 11.7. The SMILES string of the molecule is CCC(=O)N1CCC(Nc2nnnn2-c2ccccc2)C1. The third-order valence-electron chi connectivity index (χ3n) is 3.65. The van der Waals surface area contributed by atoms with Crippen LogP contribution < -0.4 is 5.32 Å². The highest BCUT2D eigenvalue weighted by molar-refractivity contribution is 5.76. The van der Waals surface area contributed by atoms with Crippen LogP contribution in [-0.4, -0.2) is 50.1 Å². The van der Waals surface area contributed by atoms with Gasteiger partial charge in [0.15, 0.2) is 0 Å². The molecule has 0 spiro atoms. The third kappa shape index (κ3) is 2.86. The average molecular weight is 286 g/mol. The Bertz CT molecular complexity index is 611. The van der Waals surface area contributed by atoms with Gasteiger partial charge in [-0.25, -0.2) is 0 Å². The minimum absolute atomic E-state index is 0.189. The topological polar surface area (TPSA) is 75.9 Å². The normalized spacial score (nSPS) is 18.0. The van der Waals surface area contributed by atoms with Gasteiger partial charge >= 0.3 is 0 Å². The number of para-hydroxylation sites is 1. The molecule has 2 aromatic rings. The smallest absolute Gasteiger partial charge is 0.248 e. The summed E-state index contributed by atoms with van der Waals surface area (Å²) in [5.41, 5.74) is 0.907. The lowest BCUT2D eigenvalue weighted by atomic mass is 10.3. The monoisotopic (exact) mass is 286 g/mol. The largest absolute Gasteiger partial charge is 0.348 e. The molecule has 1 aliphatic heterocycles. The summed E-state index contributed by atoms with van der Waals surface area (Å²) in [4.78, 5) is 13.6. The minimum Gasteiger partial charge on any atom is -0.348 e. The summed E-state index contributed by atoms with van der Waals surface area (Å²) in [6.45, 7) is 3.38. The average Bonchev–Trinajstić information content (AvgIpc) is 3.17. The van der Waals surface area contributed by atoms with E-state index >= 15 is 0 Å². The summed E-state index contributed by atoms with van der Waals surface area (Å²) in [5, 5.41) is 15.1. The Morgan fingerprint density at radius 2 is 2.19 bits per heavy atom. The van der Waals surface area contributed by atoms with Crippen LogP contribution in [0.1, 0.15) is 19.8 Å². The third-order valence-corrected chi connectivity index (χ3v) is 3.65. The molecule has 0 bridgehead atoms. The number of likely N-dealkylation sites (tertiary alicyclic amines) is 1. The van der Waals surface area contributed by atoms with Crippen molar-refractivity contribution in [3.05, 3.63) is 30.3 Å². The predicted molar refractivity (Wildman–Crippen MR) is 78.1 cm³/mol. The molecule has 1 fully saturated rings. The van der Waals surface area contributed by atoms with E-state index in [1.165, 1.54) is 0 Å². The fourth-order valence-corrected chi connectivity index (χ4v) is 2.53. The van der Waals surface area contributed by atoms with E-state index in [1.54, 1.807) is 4.68 Å². The number of nitrogens with one attached hydrogen (secondary N) is 1. The first kappa shape index (κ1) is 13.5. The van der Waals surface area contributed by atoms with Crippen molar-refractivity contribution in [2.45, 2.75) is 25.8 Å². The van der Waals surface area contributed by atoms with Gasteiger partial charge in [0.1, 0.15) is 0 Å². The van der Waals surface area contributed by atoms with Crippen molar-refractivity contribution in [3.63, 3.8) is 0 Å². The summed E-state index contributed by atoms with van der Waals surface area (Å²) in [7, 11) is 0. The molecule has 1 amide bonds. The first-order chi connectivity index (χ1) is 10.3. The van der Waals surface area contributed by atoms with Crippen LogP contribution in [0.2, 0.25) is 0 Å². The molecular weight excluding hydrogens is 268 g/mol. The second kappa shape index (κ2) is 5.90. The Labute approximate surface area is 122 Å². The molecule has 21 heavy (non-hydrogen) atoms. The van der Waals surface area contributed by atoms with Crippen molar-refractivity contribution >= 4 is 11.9 Å². The van der Waals surface area contributed by atoms with E-state index in [-0.39, 0.29) is 11.9 Å². The molecule has 1 aromatic carbocycles. The van der Waals surface area contributed by atoms with Gasteiger partial charge in [-0.3, -0.25) is 4.79 Å². The van der Waals surface area contributed by atoms with Crippen LogP contribution in [0, 0.1) is 0 Å². The van der Waals surface area contributed by atoms with Crippen molar-refractivity contribution in [3.8, 4) is 5.69 Å². The molecule has 0 saturated carbocycles. The van der Waals surface area contributed by atoms with Gasteiger partial charge in [-0.05, 0) is 29.0 Å². The Morgan fingerprint density at radius 1 is 1.38 bits per heavy atom. The summed E-state index contributed by atoms with van der Waals surface area (Å²) in [6, 6.07) is 9.92. The Morgan fingerprint density at radius 3 is 2.95 bits per heavy atom. The van der Waals surface area contributed by atoms with E-state index in [4.69, 9.17) is 0 Å². The molecule has 7 nitrogen and oxygen atoms in total. The molecule has 0 radical (unpaired) electrons. The number of anilines is 1. The summed E-state index contributed by atoms with van der Waals surface area (Å²) in [5.74, 6) is 0.805. The van der Waals surface area contributed by atoms with E-state index in [1.807, 2.05) is 42.2 Å². The zero-order chi connectivity index (χ0) is 14.7. The molecule has 1 unspecified atom stereocenters. The van der Waals surface area contributed by atoms with Crippen LogP contribution in [0.5, 0.6) is 0 Å². The molecule has 1 atom stereocenters. The fraction of sp³-hybridized carbons (Fsp3) is 0.429. The van der Waals surface area contributed by atoms with Gasteiger partial charge in [-0.1, -0.05) is 30.2 Å². The van der Waals surface area contributed by atoms with Crippen molar-refractivity contribution in [1.29, 1.82) is 0 Å². The van der Waals surface area contributed by atoms with Crippen molar-refractivity contribution in [2.75, 3.05) is 18.4 Å². The highest BCUT2D eigenvalue weighted by atomic mass is 16.2. The summed E-state index contributed by atoms with van der Waals surface area (Å²) in [6.07, 6.45) is 1.46. The van der Waals surface area contributed by atoms with Crippen LogP contribution in [0.25, 0.3) is 5.69 Å². The maximum absolute atomic E-state index is 11.7. The number of nitrogens with zero attached hydrogens (tertiary/aromatic N) is 5. The quantitative estimate of drug-likeness (QED) is 0.910. The lowest BCUT2D eigenvalue weighted by Gasteiger charge is -2.16. The van der Waals surface area contributed by atoms with Gasteiger partial charge in [-0.2, -0.15) is 4.68 Å². The van der Waals surface area contributed by atoms with E-state index in [2.05, 4.69) is 20.8 Å². The number of amides is 1. The number of rotatable bonds is 4. The van der Waals surface area contributed by atoms with Gasteiger partial charge in [0.05, 0.1) is 5.69 Å². The number of hydrogen-bond acceptors (Lipinski definition) is 5. The zero-order valence-corrected chi connectivity index (χ0v) is 11.9. The van der Waals surface area contributed by atoms with Gasteiger partial charge in [-0.15, -0.1) is 0 Å². The zero-order valence-electron chi connectivity index (χ0n) is 11.9. The molecule has 0 aliphatic carbocycles. The van der Waals surface area contributed by atoms with E-state index in [0.29, 0.717) is 18.9 Å². The molecule has 1 aliphatic rings. The molecule has 1 N–H and O–H groups in total. The van der Waals surface area contributed by atoms with E-state index in [9.17, 15) is 4.79 Å². The molecule has 7 heteroatoms. The van der Waals surface area contributed by atoms with Crippen LogP contribution in [0.4, 0.5) is 5.95 Å². The van der Waals surface area contributed by atoms with Crippen molar-refractivity contribution in [2.24, 2.45) is 0 Å². The number of aromatic nitrogens is 4. The first-order valence-electron chi connectivity index (χ1n) is 7.16.